The molecule has 0 spiro atoms. The van der Waals surface area contributed by atoms with Crippen molar-refractivity contribution in [2.45, 2.75) is 32.9 Å². The maximum absolute atomic E-state index is 9.99. The lowest BCUT2D eigenvalue weighted by Crippen LogP contribution is -2.36. The Morgan fingerprint density at radius 3 is 2.25 bits per heavy atom. The zero-order valence-electron chi connectivity index (χ0n) is 9.84. The largest absolute Gasteiger partial charge is 0.508 e. The molecule has 0 bridgehead atoms. The maximum Gasteiger partial charge on any atom is 0.115 e. The monoisotopic (exact) mass is 245 g/mol. The second-order valence-electron chi connectivity index (χ2n) is 4.93. The van der Waals surface area contributed by atoms with Gasteiger partial charge in [0.1, 0.15) is 5.75 Å². The van der Waals surface area contributed by atoms with Crippen LogP contribution in [0.4, 0.5) is 0 Å². The third-order valence-electron chi connectivity index (χ3n) is 2.48. The first-order valence-corrected chi connectivity index (χ1v) is 5.05. The van der Waals surface area contributed by atoms with Crippen LogP contribution in [0.3, 0.4) is 0 Å². The summed E-state index contributed by atoms with van der Waals surface area (Å²) in [6.07, 6.45) is -0.640. The summed E-state index contributed by atoms with van der Waals surface area (Å²) in [5, 5.41) is 19.3. The second kappa shape index (κ2) is 5.53. The van der Waals surface area contributed by atoms with Crippen molar-refractivity contribution in [1.82, 2.24) is 0 Å². The van der Waals surface area contributed by atoms with Gasteiger partial charge in [-0.05, 0) is 23.1 Å². The molecule has 16 heavy (non-hydrogen) atoms. The summed E-state index contributed by atoms with van der Waals surface area (Å²) in [6, 6.07) is 6.22. The summed E-state index contributed by atoms with van der Waals surface area (Å²) < 4.78 is 0. The number of aromatic hydroxyl groups is 1. The number of rotatable bonds is 2. The van der Waals surface area contributed by atoms with E-state index >= 15 is 0 Å². The van der Waals surface area contributed by atoms with Crippen LogP contribution in [0, 0.1) is 5.41 Å². The van der Waals surface area contributed by atoms with E-state index in [9.17, 15) is 10.2 Å². The molecule has 0 saturated carbocycles. The van der Waals surface area contributed by atoms with Crippen LogP contribution in [0.15, 0.2) is 24.3 Å². The molecule has 1 aromatic rings. The molecule has 0 fully saturated rings. The van der Waals surface area contributed by atoms with Gasteiger partial charge in [0.05, 0.1) is 12.1 Å². The molecular formula is C12H20ClNO2. The smallest absolute Gasteiger partial charge is 0.115 e. The highest BCUT2D eigenvalue weighted by molar-refractivity contribution is 5.85. The van der Waals surface area contributed by atoms with E-state index in [2.05, 4.69) is 0 Å². The van der Waals surface area contributed by atoms with Gasteiger partial charge in [-0.1, -0.05) is 32.9 Å². The average molecular weight is 246 g/mol. The Morgan fingerprint density at radius 1 is 1.25 bits per heavy atom. The molecule has 0 aliphatic carbocycles. The number of halogens is 1. The summed E-state index contributed by atoms with van der Waals surface area (Å²) in [6.45, 7) is 5.79. The predicted molar refractivity (Wildman–Crippen MR) is 67.7 cm³/mol. The summed E-state index contributed by atoms with van der Waals surface area (Å²) in [5.41, 5.74) is 6.41. The first-order valence-electron chi connectivity index (χ1n) is 5.05. The minimum Gasteiger partial charge on any atom is -0.508 e. The van der Waals surface area contributed by atoms with Crippen LogP contribution in [0.25, 0.3) is 0 Å². The van der Waals surface area contributed by atoms with Gasteiger partial charge in [-0.25, -0.2) is 0 Å². The zero-order valence-corrected chi connectivity index (χ0v) is 10.7. The lowest BCUT2D eigenvalue weighted by molar-refractivity contribution is 0.0400. The summed E-state index contributed by atoms with van der Waals surface area (Å²) in [4.78, 5) is 0. The number of nitrogens with two attached hydrogens (primary N) is 1. The number of phenolic OH excluding ortho intramolecular Hbond substituents is 1. The Kier molecular flexibility index (Phi) is 5.26. The van der Waals surface area contributed by atoms with Gasteiger partial charge in [0.2, 0.25) is 0 Å². The highest BCUT2D eigenvalue weighted by Crippen LogP contribution is 2.29. The summed E-state index contributed by atoms with van der Waals surface area (Å²) in [7, 11) is 0. The van der Waals surface area contributed by atoms with Crippen LogP contribution in [-0.2, 0) is 0 Å². The van der Waals surface area contributed by atoms with E-state index in [1.807, 2.05) is 20.8 Å². The lowest BCUT2D eigenvalue weighted by atomic mass is 9.82. The van der Waals surface area contributed by atoms with E-state index in [0.29, 0.717) is 0 Å². The molecular weight excluding hydrogens is 226 g/mol. The molecule has 0 aromatic heterocycles. The van der Waals surface area contributed by atoms with Crippen LogP contribution in [0.5, 0.6) is 5.75 Å². The number of phenols is 1. The van der Waals surface area contributed by atoms with Gasteiger partial charge >= 0.3 is 0 Å². The summed E-state index contributed by atoms with van der Waals surface area (Å²) in [5.74, 6) is 0.170. The molecule has 3 nitrogen and oxygen atoms in total. The second-order valence-corrected chi connectivity index (χ2v) is 4.93. The normalized spacial score (nSPS) is 15.1. The summed E-state index contributed by atoms with van der Waals surface area (Å²) >= 11 is 0. The highest BCUT2D eigenvalue weighted by Gasteiger charge is 2.28. The minimum absolute atomic E-state index is 0. The number of benzene rings is 1. The molecule has 4 N–H and O–H groups in total. The quantitative estimate of drug-likeness (QED) is 0.749. The maximum atomic E-state index is 9.99. The van der Waals surface area contributed by atoms with E-state index in [4.69, 9.17) is 5.73 Å². The highest BCUT2D eigenvalue weighted by atomic mass is 35.5. The first-order chi connectivity index (χ1) is 6.82. The van der Waals surface area contributed by atoms with Crippen molar-refractivity contribution >= 4 is 12.4 Å². The molecule has 0 unspecified atom stereocenters. The number of hydrogen-bond donors (Lipinski definition) is 3. The molecule has 2 atom stereocenters. The first kappa shape index (κ1) is 15.2. The van der Waals surface area contributed by atoms with E-state index < -0.39 is 12.1 Å². The molecule has 4 heteroatoms. The van der Waals surface area contributed by atoms with Crippen molar-refractivity contribution in [3.8, 4) is 5.75 Å². The topological polar surface area (TPSA) is 66.5 Å². The van der Waals surface area contributed by atoms with Gasteiger partial charge in [0.25, 0.3) is 0 Å². The SMILES string of the molecule is CC(C)(C)[C@@H](O)[C@@H](N)c1cccc(O)c1.Cl. The Hall–Kier alpha value is -0.770. The van der Waals surface area contributed by atoms with Crippen molar-refractivity contribution in [2.24, 2.45) is 11.1 Å². The Morgan fingerprint density at radius 2 is 1.81 bits per heavy atom. The fourth-order valence-corrected chi connectivity index (χ4v) is 1.45. The fraction of sp³-hybridized carbons (Fsp3) is 0.500. The van der Waals surface area contributed by atoms with Gasteiger partial charge in [0, 0.05) is 0 Å². The Bertz CT molecular complexity index is 336. The van der Waals surface area contributed by atoms with Gasteiger partial charge in [-0.15, -0.1) is 12.4 Å². The molecule has 1 rings (SSSR count). The predicted octanol–water partition coefficient (Wildman–Crippen LogP) is 2.22. The third-order valence-corrected chi connectivity index (χ3v) is 2.48. The van der Waals surface area contributed by atoms with Gasteiger partial charge in [-0.3, -0.25) is 0 Å². The Labute approximate surface area is 103 Å². The number of hydrogen-bond acceptors (Lipinski definition) is 3. The number of aliphatic hydroxyl groups excluding tert-OH is 1. The van der Waals surface area contributed by atoms with Crippen LogP contribution in [0.2, 0.25) is 0 Å². The molecule has 0 heterocycles. The van der Waals surface area contributed by atoms with Crippen molar-refractivity contribution in [1.29, 1.82) is 0 Å². The van der Waals surface area contributed by atoms with Crippen molar-refractivity contribution in [2.75, 3.05) is 0 Å². The van der Waals surface area contributed by atoms with Crippen molar-refractivity contribution in [3.05, 3.63) is 29.8 Å². The fourth-order valence-electron chi connectivity index (χ4n) is 1.45. The molecule has 0 aliphatic rings. The van der Waals surface area contributed by atoms with E-state index in [1.165, 1.54) is 0 Å². The van der Waals surface area contributed by atoms with Crippen molar-refractivity contribution < 1.29 is 10.2 Å². The molecule has 0 amide bonds. The molecule has 0 saturated heterocycles. The van der Waals surface area contributed by atoms with E-state index in [-0.39, 0.29) is 23.6 Å². The molecule has 0 radical (unpaired) electrons. The Balaban J connectivity index is 0.00000225. The van der Waals surface area contributed by atoms with E-state index in [0.717, 1.165) is 5.56 Å². The molecule has 1 aromatic carbocycles. The molecule has 0 aliphatic heterocycles. The zero-order chi connectivity index (χ0) is 11.6. The van der Waals surface area contributed by atoms with E-state index in [1.54, 1.807) is 24.3 Å². The van der Waals surface area contributed by atoms with Crippen LogP contribution >= 0.6 is 12.4 Å². The van der Waals surface area contributed by atoms with Crippen molar-refractivity contribution in [3.63, 3.8) is 0 Å². The van der Waals surface area contributed by atoms with Crippen LogP contribution in [0.1, 0.15) is 32.4 Å². The number of aliphatic hydroxyl groups is 1. The lowest BCUT2D eigenvalue weighted by Gasteiger charge is -2.31. The van der Waals surface area contributed by atoms with Crippen LogP contribution in [-0.4, -0.2) is 16.3 Å². The average Bonchev–Trinajstić information content (AvgIpc) is 2.14. The van der Waals surface area contributed by atoms with Crippen LogP contribution < -0.4 is 5.73 Å². The van der Waals surface area contributed by atoms with Gasteiger partial charge in [-0.2, -0.15) is 0 Å². The van der Waals surface area contributed by atoms with Gasteiger partial charge < -0.3 is 15.9 Å². The molecule has 92 valence electrons. The standard InChI is InChI=1S/C12H19NO2.ClH/c1-12(2,3)11(15)10(13)8-5-4-6-9(14)7-8;/h4-7,10-11,14-15H,13H2,1-3H3;1H/t10-,11-;/m0./s1. The van der Waals surface area contributed by atoms with Gasteiger partial charge in [0.15, 0.2) is 0 Å². The minimum atomic E-state index is -0.640. The third kappa shape index (κ3) is 3.67.